The summed E-state index contributed by atoms with van der Waals surface area (Å²) in [5, 5.41) is 10.8. The van der Waals surface area contributed by atoms with E-state index in [0.717, 1.165) is 100.0 Å². The Morgan fingerprint density at radius 3 is 2.43 bits per heavy atom. The molecule has 67 heavy (non-hydrogen) atoms. The fraction of sp³-hybridized carbons (Fsp3) is 0.449. The highest BCUT2D eigenvalue weighted by atomic mass is 31.2. The molecule has 1 unspecified atom stereocenters. The molecule has 0 bridgehead atoms. The summed E-state index contributed by atoms with van der Waals surface area (Å²) >= 11 is 0. The van der Waals surface area contributed by atoms with Crippen LogP contribution in [0.5, 0.6) is 11.5 Å². The highest BCUT2D eigenvalue weighted by molar-refractivity contribution is 7.70. The summed E-state index contributed by atoms with van der Waals surface area (Å²) < 4.78 is 39.8. The largest absolute Gasteiger partial charge is 0.494 e. The fourth-order valence-corrected chi connectivity index (χ4v) is 11.2. The summed E-state index contributed by atoms with van der Waals surface area (Å²) in [4.78, 5) is 59.3. The van der Waals surface area contributed by atoms with Crippen LogP contribution in [0.4, 0.5) is 33.2 Å². The lowest BCUT2D eigenvalue weighted by Gasteiger charge is -2.43. The number of para-hydroxylation sites is 1. The highest BCUT2D eigenvalue weighted by Gasteiger charge is 2.41. The Balaban J connectivity index is 0.751. The number of amides is 3. The Morgan fingerprint density at radius 2 is 1.69 bits per heavy atom. The number of methoxy groups -OCH3 is 1. The van der Waals surface area contributed by atoms with Crippen LogP contribution in [0.2, 0.25) is 0 Å². The maximum absolute atomic E-state index is 14.6. The Kier molecular flexibility index (Phi) is 13.5. The predicted octanol–water partition coefficient (Wildman–Crippen LogP) is 6.61. The standard InChI is InChI=1S/C49H60FN10O6P/c1-5-31-26-38(53-49-55-45-34(14-17-51-45)46(56-49)52-37-10-6-7-11-43(37)67(3,4)64)42(65-2)29-40(31)59-19-15-33(16-20-59)58-23-21-57(22-24-58)18-8-9-25-66-41-28-32(50)27-35-36(41)30-60(48(35)63)39-12-13-44(61)54-47(39)62/h6-7,10-11,14,17,26-29,33,39H,5,8-9,12-13,15-16,18-25,30H2,1-4H3,(H,54,61,62)(H3,51,52,53,55,56). The number of aryl methyl sites for hydroxylation is 1. The number of ether oxygens (including phenoxy) is 2. The van der Waals surface area contributed by atoms with Gasteiger partial charge in [-0.2, -0.15) is 9.97 Å². The number of hydrogen-bond acceptors (Lipinski definition) is 13. The number of fused-ring (bicyclic) bond motifs is 2. The number of nitrogens with one attached hydrogen (secondary N) is 4. The van der Waals surface area contributed by atoms with Crippen LogP contribution in [0.3, 0.4) is 0 Å². The summed E-state index contributed by atoms with van der Waals surface area (Å²) in [7, 11) is -0.873. The molecule has 5 aromatic rings. The third-order valence-electron chi connectivity index (χ3n) is 13.6. The van der Waals surface area contributed by atoms with Crippen molar-refractivity contribution < 1.29 is 32.8 Å². The number of unbranched alkanes of at least 4 members (excludes halogenated alkanes) is 1. The quantitative estimate of drug-likeness (QED) is 0.0473. The lowest BCUT2D eigenvalue weighted by Crippen LogP contribution is -2.53. The number of rotatable bonds is 16. The van der Waals surface area contributed by atoms with Gasteiger partial charge in [0, 0.05) is 86.6 Å². The normalized spacial score (nSPS) is 18.6. The van der Waals surface area contributed by atoms with Crippen LogP contribution >= 0.6 is 7.14 Å². The van der Waals surface area contributed by atoms with Crippen LogP contribution in [0, 0.1) is 5.82 Å². The molecule has 18 heteroatoms. The van der Waals surface area contributed by atoms with Crippen LogP contribution in [0.15, 0.2) is 60.8 Å². The molecule has 3 amide bonds. The van der Waals surface area contributed by atoms with Crippen molar-refractivity contribution in [3.63, 3.8) is 0 Å². The average Bonchev–Trinajstić information content (AvgIpc) is 3.93. The van der Waals surface area contributed by atoms with Gasteiger partial charge in [0.05, 0.1) is 42.6 Å². The van der Waals surface area contributed by atoms with E-state index in [1.54, 1.807) is 20.4 Å². The molecule has 6 heterocycles. The van der Waals surface area contributed by atoms with Gasteiger partial charge in [0.15, 0.2) is 0 Å². The van der Waals surface area contributed by atoms with Crippen LogP contribution in [0.25, 0.3) is 11.0 Å². The Bertz CT molecular complexity index is 2710. The molecule has 1 atom stereocenters. The number of aromatic nitrogens is 3. The molecule has 0 spiro atoms. The van der Waals surface area contributed by atoms with Crippen molar-refractivity contribution in [3.8, 4) is 11.5 Å². The van der Waals surface area contributed by atoms with Gasteiger partial charge in [-0.3, -0.25) is 24.6 Å². The molecule has 3 saturated heterocycles. The molecule has 0 aliphatic carbocycles. The van der Waals surface area contributed by atoms with Gasteiger partial charge in [0.25, 0.3) is 5.91 Å². The average molecular weight is 935 g/mol. The zero-order valence-corrected chi connectivity index (χ0v) is 39.6. The first-order valence-electron chi connectivity index (χ1n) is 23.4. The van der Waals surface area contributed by atoms with E-state index in [-0.39, 0.29) is 30.9 Å². The molecule has 3 fully saturated rings. The third kappa shape index (κ3) is 10.00. The van der Waals surface area contributed by atoms with Crippen molar-refractivity contribution in [2.75, 3.05) is 88.4 Å². The van der Waals surface area contributed by atoms with E-state index in [1.165, 1.54) is 28.3 Å². The number of hydrogen-bond donors (Lipinski definition) is 4. The Labute approximate surface area is 390 Å². The first-order valence-corrected chi connectivity index (χ1v) is 26.0. The van der Waals surface area contributed by atoms with Gasteiger partial charge in [-0.25, -0.2) is 4.39 Å². The monoisotopic (exact) mass is 934 g/mol. The number of carbonyl (C=O) groups excluding carboxylic acids is 3. The maximum atomic E-state index is 14.6. The van der Waals surface area contributed by atoms with Gasteiger partial charge in [-0.1, -0.05) is 19.1 Å². The smallest absolute Gasteiger partial charge is 0.255 e. The Morgan fingerprint density at radius 1 is 0.896 bits per heavy atom. The summed E-state index contributed by atoms with van der Waals surface area (Å²) in [6.45, 7) is 13.2. The van der Waals surface area contributed by atoms with E-state index < -0.39 is 30.8 Å². The molecule has 0 radical (unpaired) electrons. The molecule has 4 aliphatic rings. The summed E-state index contributed by atoms with van der Waals surface area (Å²) in [6.07, 6.45) is 6.95. The fourth-order valence-electron chi connectivity index (χ4n) is 10.0. The lowest BCUT2D eigenvalue weighted by atomic mass is 9.99. The minimum atomic E-state index is -2.56. The third-order valence-corrected chi connectivity index (χ3v) is 15.2. The number of piperidine rings is 2. The summed E-state index contributed by atoms with van der Waals surface area (Å²) in [5.74, 6) is 0.220. The highest BCUT2D eigenvalue weighted by Crippen LogP contribution is 2.40. The van der Waals surface area contributed by atoms with E-state index in [4.69, 9.17) is 19.4 Å². The zero-order valence-electron chi connectivity index (χ0n) is 38.7. The van der Waals surface area contributed by atoms with Crippen LogP contribution < -0.4 is 35.6 Å². The summed E-state index contributed by atoms with van der Waals surface area (Å²) in [6, 6.07) is 16.1. The second-order valence-electron chi connectivity index (χ2n) is 18.3. The van der Waals surface area contributed by atoms with Gasteiger partial charge in [0.1, 0.15) is 42.0 Å². The van der Waals surface area contributed by atoms with Crippen LogP contribution in [-0.2, 0) is 27.1 Å². The van der Waals surface area contributed by atoms with Crippen molar-refractivity contribution in [1.82, 2.24) is 35.0 Å². The molecular formula is C49H60FN10O6P. The number of imide groups is 1. The summed E-state index contributed by atoms with van der Waals surface area (Å²) in [5.41, 5.74) is 5.39. The van der Waals surface area contributed by atoms with Gasteiger partial charge in [-0.05, 0) is 94.3 Å². The molecule has 0 saturated carbocycles. The van der Waals surface area contributed by atoms with Gasteiger partial charge in [-0.15, -0.1) is 0 Å². The van der Waals surface area contributed by atoms with E-state index in [1.807, 2.05) is 36.5 Å². The number of H-pyrrole nitrogens is 1. The minimum Gasteiger partial charge on any atom is -0.494 e. The van der Waals surface area contributed by atoms with Crippen LogP contribution in [0.1, 0.15) is 66.9 Å². The molecule has 16 nitrogen and oxygen atoms in total. The van der Waals surface area contributed by atoms with Crippen molar-refractivity contribution in [2.45, 2.75) is 70.5 Å². The first kappa shape index (κ1) is 46.1. The minimum absolute atomic E-state index is 0.144. The topological polar surface area (TPSA) is 177 Å². The molecule has 4 aliphatic heterocycles. The second kappa shape index (κ2) is 19.7. The maximum Gasteiger partial charge on any atom is 0.255 e. The number of carbonyl (C=O) groups is 3. The van der Waals surface area contributed by atoms with Crippen molar-refractivity contribution in [2.24, 2.45) is 0 Å². The lowest BCUT2D eigenvalue weighted by molar-refractivity contribution is -0.136. The number of benzene rings is 3. The number of halogens is 1. The molecular weight excluding hydrogens is 875 g/mol. The molecule has 9 rings (SSSR count). The molecule has 4 N–H and O–H groups in total. The van der Waals surface area contributed by atoms with Gasteiger partial charge in [0.2, 0.25) is 17.8 Å². The number of piperazine rings is 1. The van der Waals surface area contributed by atoms with E-state index in [9.17, 15) is 23.3 Å². The zero-order chi connectivity index (χ0) is 46.8. The molecule has 2 aromatic heterocycles. The van der Waals surface area contributed by atoms with E-state index in [2.05, 4.69) is 54.7 Å². The number of aromatic amines is 1. The predicted molar refractivity (Wildman–Crippen MR) is 259 cm³/mol. The Hall–Kier alpha value is -6.03. The number of anilines is 5. The molecule has 3 aromatic carbocycles. The second-order valence-corrected chi connectivity index (χ2v) is 21.5. The first-order chi connectivity index (χ1) is 32.4. The van der Waals surface area contributed by atoms with Crippen molar-refractivity contribution in [1.29, 1.82) is 0 Å². The van der Waals surface area contributed by atoms with Crippen molar-refractivity contribution in [3.05, 3.63) is 83.3 Å². The van der Waals surface area contributed by atoms with Gasteiger partial charge < -0.3 is 44.4 Å². The van der Waals surface area contributed by atoms with Crippen molar-refractivity contribution >= 4 is 70.0 Å². The van der Waals surface area contributed by atoms with Gasteiger partial charge >= 0.3 is 0 Å². The number of nitrogens with zero attached hydrogens (tertiary/aromatic N) is 6. The molecule has 354 valence electrons. The van der Waals surface area contributed by atoms with Crippen LogP contribution in [-0.4, -0.2) is 132 Å². The van der Waals surface area contributed by atoms with E-state index >= 15 is 0 Å². The van der Waals surface area contributed by atoms with E-state index in [0.29, 0.717) is 47.1 Å². The SMILES string of the molecule is CCc1cc(Nc2nc(Nc3ccccc3P(C)(C)=O)c3cc[nH]c3n2)c(OC)cc1N1CCC(N2CCN(CCCCOc3cc(F)cc4c3CN(C3CCC(=O)NC3=O)C4=O)CC2)CC1.